The maximum absolute atomic E-state index is 6.21. The van der Waals surface area contributed by atoms with E-state index in [1.807, 2.05) is 0 Å². The summed E-state index contributed by atoms with van der Waals surface area (Å²) >= 11 is 6.21. The number of benzene rings is 1. The Morgan fingerprint density at radius 2 is 2.11 bits per heavy atom. The Labute approximate surface area is 121 Å². The third-order valence-corrected chi connectivity index (χ3v) is 4.53. The fraction of sp³-hybridized carbons (Fsp3) is 0.625. The van der Waals surface area contributed by atoms with Crippen molar-refractivity contribution in [2.24, 2.45) is 0 Å². The van der Waals surface area contributed by atoms with Crippen molar-refractivity contribution in [1.29, 1.82) is 0 Å². The molecular weight excluding hydrogens is 258 g/mol. The lowest BCUT2D eigenvalue weighted by Crippen LogP contribution is -2.41. The predicted molar refractivity (Wildman–Crippen MR) is 80.9 cm³/mol. The topological polar surface area (TPSA) is 21.3 Å². The van der Waals surface area contributed by atoms with Gasteiger partial charge in [0.2, 0.25) is 0 Å². The van der Waals surface area contributed by atoms with Gasteiger partial charge in [0.15, 0.2) is 0 Å². The fourth-order valence-electron chi connectivity index (χ4n) is 3.00. The average Bonchev–Trinajstić information content (AvgIpc) is 2.79. The first-order chi connectivity index (χ1) is 8.98. The molecule has 1 heterocycles. The second-order valence-corrected chi connectivity index (χ2v) is 6.12. The highest BCUT2D eigenvalue weighted by atomic mass is 35.5. The minimum Gasteiger partial charge on any atom is -0.373 e. The maximum Gasteiger partial charge on any atom is 0.0849 e. The Balaban J connectivity index is 2.41. The van der Waals surface area contributed by atoms with Crippen molar-refractivity contribution >= 4 is 11.6 Å². The lowest BCUT2D eigenvalue weighted by atomic mass is 9.85. The van der Waals surface area contributed by atoms with E-state index in [-0.39, 0.29) is 11.6 Å². The maximum atomic E-state index is 6.21. The van der Waals surface area contributed by atoms with Crippen LogP contribution in [0.5, 0.6) is 0 Å². The van der Waals surface area contributed by atoms with Gasteiger partial charge in [0, 0.05) is 11.6 Å². The summed E-state index contributed by atoms with van der Waals surface area (Å²) in [4.78, 5) is 0. The van der Waals surface area contributed by atoms with E-state index in [9.17, 15) is 0 Å². The average molecular weight is 282 g/mol. The normalized spacial score (nSPS) is 24.7. The van der Waals surface area contributed by atoms with E-state index in [4.69, 9.17) is 16.3 Å². The van der Waals surface area contributed by atoms with Crippen LogP contribution < -0.4 is 5.32 Å². The van der Waals surface area contributed by atoms with Gasteiger partial charge in [-0.2, -0.15) is 0 Å². The highest BCUT2D eigenvalue weighted by Crippen LogP contribution is 2.39. The van der Waals surface area contributed by atoms with E-state index in [0.717, 1.165) is 36.6 Å². The molecule has 1 aromatic carbocycles. The minimum absolute atomic E-state index is 0.110. The molecule has 1 fully saturated rings. The zero-order valence-electron chi connectivity index (χ0n) is 12.3. The number of halogens is 1. The van der Waals surface area contributed by atoms with Crippen LogP contribution in [0.1, 0.15) is 49.4 Å². The summed E-state index contributed by atoms with van der Waals surface area (Å²) in [7, 11) is 0. The highest BCUT2D eigenvalue weighted by Gasteiger charge is 2.39. The van der Waals surface area contributed by atoms with E-state index in [1.54, 1.807) is 0 Å². The van der Waals surface area contributed by atoms with Crippen molar-refractivity contribution in [2.75, 3.05) is 13.2 Å². The molecule has 2 atom stereocenters. The van der Waals surface area contributed by atoms with Gasteiger partial charge >= 0.3 is 0 Å². The first-order valence-electron chi connectivity index (χ1n) is 7.12. The summed E-state index contributed by atoms with van der Waals surface area (Å²) in [5.74, 6) is 0. The van der Waals surface area contributed by atoms with Gasteiger partial charge in [-0.1, -0.05) is 24.6 Å². The molecular formula is C16H24ClNO. The molecule has 0 amide bonds. The van der Waals surface area contributed by atoms with E-state index in [1.165, 1.54) is 11.1 Å². The lowest BCUT2D eigenvalue weighted by molar-refractivity contribution is -0.0122. The van der Waals surface area contributed by atoms with Crippen LogP contribution in [0.3, 0.4) is 0 Å². The van der Waals surface area contributed by atoms with Gasteiger partial charge in [-0.15, -0.1) is 0 Å². The number of likely N-dealkylation sites (N-methyl/N-ethyl adjacent to an activating group) is 1. The zero-order chi connectivity index (χ0) is 14.0. The summed E-state index contributed by atoms with van der Waals surface area (Å²) < 4.78 is 6.04. The van der Waals surface area contributed by atoms with Gasteiger partial charge in [0.1, 0.15) is 0 Å². The summed E-state index contributed by atoms with van der Waals surface area (Å²) in [6.07, 6.45) is 2.25. The highest BCUT2D eigenvalue weighted by molar-refractivity contribution is 6.31. The van der Waals surface area contributed by atoms with Gasteiger partial charge < -0.3 is 10.1 Å². The molecule has 0 bridgehead atoms. The summed E-state index contributed by atoms with van der Waals surface area (Å²) in [6.45, 7) is 10.4. The zero-order valence-corrected chi connectivity index (χ0v) is 13.1. The first-order valence-corrected chi connectivity index (χ1v) is 7.49. The van der Waals surface area contributed by atoms with Crippen LogP contribution >= 0.6 is 11.6 Å². The molecule has 19 heavy (non-hydrogen) atoms. The van der Waals surface area contributed by atoms with Crippen LogP contribution in [0.15, 0.2) is 12.1 Å². The Bertz CT molecular complexity index is 452. The molecule has 1 aromatic rings. The van der Waals surface area contributed by atoms with Crippen LogP contribution in [0.25, 0.3) is 0 Å². The molecule has 0 radical (unpaired) electrons. The lowest BCUT2D eigenvalue weighted by Gasteiger charge is -2.35. The van der Waals surface area contributed by atoms with Gasteiger partial charge in [-0.3, -0.25) is 0 Å². The largest absolute Gasteiger partial charge is 0.373 e. The number of aryl methyl sites for hydroxylation is 2. The second-order valence-electron chi connectivity index (χ2n) is 5.71. The number of hydrogen-bond donors (Lipinski definition) is 1. The van der Waals surface area contributed by atoms with E-state index in [0.29, 0.717) is 0 Å². The van der Waals surface area contributed by atoms with Crippen LogP contribution in [0, 0.1) is 13.8 Å². The monoisotopic (exact) mass is 281 g/mol. The summed E-state index contributed by atoms with van der Waals surface area (Å²) in [5, 5.41) is 4.44. The number of nitrogens with one attached hydrogen (secondary N) is 1. The molecule has 0 saturated carbocycles. The van der Waals surface area contributed by atoms with Gasteiger partial charge in [0.25, 0.3) is 0 Å². The Hall–Kier alpha value is -0.570. The van der Waals surface area contributed by atoms with Gasteiger partial charge in [0.05, 0.1) is 11.6 Å². The second kappa shape index (κ2) is 5.82. The number of rotatable bonds is 4. The standard InChI is InChI=1S/C16H24ClNO/c1-5-18-15(16(4)7-6-8-19-16)13-9-12(3)14(17)10-11(13)2/h9-10,15,18H,5-8H2,1-4H3. The molecule has 1 aliphatic heterocycles. The first kappa shape index (κ1) is 14.8. The van der Waals surface area contributed by atoms with Crippen LogP contribution in [-0.4, -0.2) is 18.8 Å². The molecule has 0 aliphatic carbocycles. The molecule has 1 aliphatic rings. The van der Waals surface area contributed by atoms with E-state index >= 15 is 0 Å². The summed E-state index contributed by atoms with van der Waals surface area (Å²) in [5.41, 5.74) is 3.57. The van der Waals surface area contributed by atoms with Crippen LogP contribution in [0.2, 0.25) is 5.02 Å². The van der Waals surface area contributed by atoms with E-state index < -0.39 is 0 Å². The third-order valence-electron chi connectivity index (χ3n) is 4.13. The fourth-order valence-corrected chi connectivity index (χ4v) is 3.22. The number of hydrogen-bond acceptors (Lipinski definition) is 2. The molecule has 2 unspecified atom stereocenters. The van der Waals surface area contributed by atoms with Crippen molar-refractivity contribution in [1.82, 2.24) is 5.32 Å². The minimum atomic E-state index is -0.110. The Morgan fingerprint density at radius 1 is 1.37 bits per heavy atom. The molecule has 1 saturated heterocycles. The smallest absolute Gasteiger partial charge is 0.0849 e. The molecule has 1 N–H and O–H groups in total. The molecule has 0 aromatic heterocycles. The molecule has 106 valence electrons. The van der Waals surface area contributed by atoms with Crippen molar-refractivity contribution < 1.29 is 4.74 Å². The molecule has 3 heteroatoms. The van der Waals surface area contributed by atoms with Crippen LogP contribution in [-0.2, 0) is 4.74 Å². The Kier molecular flexibility index (Phi) is 4.54. The quantitative estimate of drug-likeness (QED) is 0.894. The van der Waals surface area contributed by atoms with Crippen molar-refractivity contribution in [3.8, 4) is 0 Å². The van der Waals surface area contributed by atoms with Crippen molar-refractivity contribution in [3.05, 3.63) is 33.8 Å². The molecule has 2 rings (SSSR count). The van der Waals surface area contributed by atoms with Crippen molar-refractivity contribution in [2.45, 2.75) is 52.2 Å². The van der Waals surface area contributed by atoms with Crippen LogP contribution in [0.4, 0.5) is 0 Å². The SMILES string of the molecule is CCNC(c1cc(C)c(Cl)cc1C)C1(C)CCCO1. The molecule has 2 nitrogen and oxygen atoms in total. The third kappa shape index (κ3) is 2.96. The summed E-state index contributed by atoms with van der Waals surface area (Å²) in [6, 6.07) is 4.50. The number of ether oxygens (including phenoxy) is 1. The Morgan fingerprint density at radius 3 is 2.68 bits per heavy atom. The predicted octanol–water partition coefficient (Wildman–Crippen LogP) is 4.18. The van der Waals surface area contributed by atoms with Crippen molar-refractivity contribution in [3.63, 3.8) is 0 Å². The van der Waals surface area contributed by atoms with E-state index in [2.05, 4.69) is 45.1 Å². The molecule has 0 spiro atoms. The van der Waals surface area contributed by atoms with Gasteiger partial charge in [-0.25, -0.2) is 0 Å². The van der Waals surface area contributed by atoms with Gasteiger partial charge in [-0.05, 0) is 62.9 Å².